The van der Waals surface area contributed by atoms with E-state index in [0.29, 0.717) is 0 Å². The van der Waals surface area contributed by atoms with Crippen molar-refractivity contribution in [1.29, 1.82) is 10.5 Å². The number of fused-ring (bicyclic) bond motifs is 13. The molecule has 2 fully saturated rings. The van der Waals surface area contributed by atoms with E-state index < -0.39 is 0 Å². The molecule has 0 atom stereocenters. The van der Waals surface area contributed by atoms with Crippen LogP contribution in [-0.4, -0.2) is 14.2 Å². The Kier molecular flexibility index (Phi) is 8.69. The molecule has 6 aromatic rings. The van der Waals surface area contributed by atoms with Gasteiger partial charge in [0, 0.05) is 57.3 Å². The normalized spacial score (nSPS) is 16.6. The largest absolute Gasteiger partial charge is 0.520 e. The van der Waals surface area contributed by atoms with Crippen LogP contribution in [0.4, 0.5) is 0 Å². The van der Waals surface area contributed by atoms with Crippen LogP contribution in [0.2, 0.25) is 0 Å². The van der Waals surface area contributed by atoms with Crippen LogP contribution in [0.1, 0.15) is 96.2 Å². The monoisotopic (exact) mass is 840 g/mol. The van der Waals surface area contributed by atoms with Gasteiger partial charge in [-0.1, -0.05) is 38.5 Å². The van der Waals surface area contributed by atoms with E-state index in [1.165, 1.54) is 101 Å². The average molecular weight is 841 g/mol. The third-order valence-electron chi connectivity index (χ3n) is 12.2. The van der Waals surface area contributed by atoms with Crippen molar-refractivity contribution in [2.45, 2.75) is 75.0 Å². The highest BCUT2D eigenvalue weighted by Gasteiger charge is 2.53. The van der Waals surface area contributed by atoms with Crippen LogP contribution in [0.3, 0.4) is 0 Å². The number of methoxy groups -OCH3 is 2. The van der Waals surface area contributed by atoms with Crippen LogP contribution in [-0.2, 0) is 10.8 Å². The number of allylic oxidation sites excluding steroid dienone is 1. The van der Waals surface area contributed by atoms with E-state index >= 15 is 0 Å². The number of ether oxygens (including phenoxy) is 2. The van der Waals surface area contributed by atoms with E-state index in [4.69, 9.17) is 22.6 Å². The Bertz CT molecular complexity index is 2630. The van der Waals surface area contributed by atoms with Crippen molar-refractivity contribution in [3.8, 4) is 62.7 Å². The van der Waals surface area contributed by atoms with Gasteiger partial charge in [0.05, 0.1) is 43.1 Å². The summed E-state index contributed by atoms with van der Waals surface area (Å²) in [6, 6.07) is 12.8. The molecule has 0 N–H and O–H groups in total. The fourth-order valence-corrected chi connectivity index (χ4v) is 18.2. The molecule has 0 amide bonds. The van der Waals surface area contributed by atoms with Gasteiger partial charge in [0.1, 0.15) is 42.4 Å². The van der Waals surface area contributed by atoms with E-state index in [1.807, 2.05) is 46.9 Å². The Hall–Kier alpha value is -4.50. The fourth-order valence-electron chi connectivity index (χ4n) is 9.82. The summed E-state index contributed by atoms with van der Waals surface area (Å²) in [5.41, 5.74) is 6.26. The lowest BCUT2D eigenvalue weighted by molar-refractivity contribution is 0.355. The minimum Gasteiger partial charge on any atom is -0.495 e. The van der Waals surface area contributed by atoms with Gasteiger partial charge >= 0.3 is 5.82 Å². The maximum Gasteiger partial charge on any atom is 0.520 e. The highest BCUT2D eigenvalue weighted by atomic mass is 32.1. The highest BCUT2D eigenvalue weighted by Crippen LogP contribution is 2.70. The molecule has 6 nitrogen and oxygen atoms in total. The molecule has 6 heterocycles. The summed E-state index contributed by atoms with van der Waals surface area (Å²) in [5.74, 6) is 1.64. The van der Waals surface area contributed by atoms with Gasteiger partial charge in [-0.25, -0.2) is 0 Å². The van der Waals surface area contributed by atoms with E-state index in [0.717, 1.165) is 43.8 Å². The Labute approximate surface area is 349 Å². The van der Waals surface area contributed by atoms with Crippen LogP contribution in [0.25, 0.3) is 70.3 Å². The molecule has 56 heavy (non-hydrogen) atoms. The first-order valence-electron chi connectivity index (χ1n) is 18.6. The molecule has 4 aliphatic rings. The molecule has 276 valence electrons. The second kappa shape index (κ2) is 13.6. The standard InChI is InChI=1S/C44H32N4O2S6/c1-47-32(48-2)18-25-17-29(50-4)38(52-25)31-20-27-36(54-31)40-34(44(27)13-9-6-10-14-44)42-41(56-40)33-39(55-42)35-26(43(33)11-7-5-8-12-43)19-30(53-35)37-28(49-3)16-24(51-37)15-23(21-45)22-46/h15-20H,5-14H2,3-4H3. The summed E-state index contributed by atoms with van der Waals surface area (Å²) in [7, 11) is 3.40. The first-order valence-corrected chi connectivity index (χ1v) is 23.5. The van der Waals surface area contributed by atoms with Gasteiger partial charge in [-0.2, -0.15) is 20.2 Å². The number of nitrogens with zero attached hydrogens (tertiary/aromatic N) is 4. The molecule has 2 saturated carbocycles. The summed E-state index contributed by atoms with van der Waals surface area (Å²) < 4.78 is 14.8. The van der Waals surface area contributed by atoms with Crippen LogP contribution in [0, 0.1) is 35.8 Å². The molecule has 0 aliphatic heterocycles. The molecule has 4 aliphatic carbocycles. The third-order valence-corrected chi connectivity index (χ3v) is 19.8. The van der Waals surface area contributed by atoms with Gasteiger partial charge in [0.2, 0.25) is 0 Å². The zero-order valence-electron chi connectivity index (χ0n) is 30.6. The lowest BCUT2D eigenvalue weighted by atomic mass is 9.67. The topological polar surface area (TPSA) is 74.8 Å². The molecule has 10 rings (SSSR count). The Morgan fingerprint density at radius 1 is 0.607 bits per heavy atom. The predicted octanol–water partition coefficient (Wildman–Crippen LogP) is 14.6. The maximum absolute atomic E-state index is 9.41. The van der Waals surface area contributed by atoms with Gasteiger partial charge < -0.3 is 9.47 Å². The number of thiophene rings is 6. The molecular formula is C44H32N4O2S6. The Balaban J connectivity index is 1.13. The second-order valence-electron chi connectivity index (χ2n) is 14.9. The van der Waals surface area contributed by atoms with Gasteiger partial charge in [0.25, 0.3) is 0 Å². The minimum atomic E-state index is 0.00344. The summed E-state index contributed by atoms with van der Waals surface area (Å²) in [6.45, 7) is 14.8. The molecular weight excluding hydrogens is 809 g/mol. The van der Waals surface area contributed by atoms with E-state index in [-0.39, 0.29) is 22.2 Å². The summed E-state index contributed by atoms with van der Waals surface area (Å²) >= 11 is 11.1. The zero-order chi connectivity index (χ0) is 38.3. The van der Waals surface area contributed by atoms with Gasteiger partial charge in [-0.3, -0.25) is 0 Å². The van der Waals surface area contributed by atoms with Gasteiger partial charge in [0.15, 0.2) is 0 Å². The SMILES string of the molecule is [C-]#[N+]C(=Cc1cc(OC)c(-c2cc3c(s2)-c2sc4c5c(sc4c2C32CCCCC2)-c2sc(-c3sc(C=C(C#N)C#N)cc3OC)cc2C52CCCCC2)s1)[N+]#[C-]. The van der Waals surface area contributed by atoms with Crippen LogP contribution < -0.4 is 9.47 Å². The van der Waals surface area contributed by atoms with Crippen molar-refractivity contribution in [3.05, 3.63) is 90.5 Å². The quantitative estimate of drug-likeness (QED) is 0.124. The Morgan fingerprint density at radius 2 is 1.05 bits per heavy atom. The molecule has 6 aromatic heterocycles. The molecule has 0 unspecified atom stereocenters. The van der Waals surface area contributed by atoms with Gasteiger partial charge in [-0.05, 0) is 67.2 Å². The smallest absolute Gasteiger partial charge is 0.495 e. The Morgan fingerprint density at radius 3 is 1.46 bits per heavy atom. The van der Waals surface area contributed by atoms with Gasteiger partial charge in [-0.15, -0.1) is 68.0 Å². The van der Waals surface area contributed by atoms with Crippen LogP contribution >= 0.6 is 68.0 Å². The van der Waals surface area contributed by atoms with Crippen LogP contribution in [0.15, 0.2) is 35.7 Å². The number of hydrogen-bond acceptors (Lipinski definition) is 10. The van der Waals surface area contributed by atoms with Crippen molar-refractivity contribution in [1.82, 2.24) is 0 Å². The maximum atomic E-state index is 9.41. The third kappa shape index (κ3) is 5.07. The molecule has 12 heteroatoms. The van der Waals surface area contributed by atoms with Crippen molar-refractivity contribution in [3.63, 3.8) is 0 Å². The predicted molar refractivity (Wildman–Crippen MR) is 234 cm³/mol. The summed E-state index contributed by atoms with van der Waals surface area (Å²) in [5, 5.41) is 18.8. The highest BCUT2D eigenvalue weighted by molar-refractivity contribution is 7.35. The number of rotatable bonds is 6. The zero-order valence-corrected chi connectivity index (χ0v) is 35.5. The van der Waals surface area contributed by atoms with Crippen molar-refractivity contribution < 1.29 is 9.47 Å². The second-order valence-corrected chi connectivity index (χ2v) is 21.2. The number of hydrogen-bond donors (Lipinski definition) is 0. The lowest BCUT2D eigenvalue weighted by Crippen LogP contribution is -2.28. The van der Waals surface area contributed by atoms with Crippen LogP contribution in [0.5, 0.6) is 11.5 Å². The first kappa shape index (κ1) is 35.9. The number of nitriles is 2. The first-order chi connectivity index (χ1) is 27.4. The summed E-state index contributed by atoms with van der Waals surface area (Å²) in [6.07, 6.45) is 15.5. The molecule has 0 aromatic carbocycles. The van der Waals surface area contributed by atoms with E-state index in [1.54, 1.807) is 60.2 Å². The lowest BCUT2D eigenvalue weighted by Gasteiger charge is -2.35. The van der Waals surface area contributed by atoms with Crippen molar-refractivity contribution in [2.75, 3.05) is 14.2 Å². The summed E-state index contributed by atoms with van der Waals surface area (Å²) in [4.78, 5) is 18.8. The average Bonchev–Trinajstić information content (AvgIpc) is 4.09. The molecule has 0 saturated heterocycles. The fraction of sp³-hybridized carbons (Fsp3) is 0.318. The molecule has 0 bridgehead atoms. The minimum absolute atomic E-state index is 0.00344. The van der Waals surface area contributed by atoms with Crippen molar-refractivity contribution in [2.24, 2.45) is 0 Å². The molecule has 0 radical (unpaired) electrons. The molecule has 2 spiro atoms. The van der Waals surface area contributed by atoms with Crippen molar-refractivity contribution >= 4 is 89.6 Å². The van der Waals surface area contributed by atoms with E-state index in [9.17, 15) is 10.5 Å². The van der Waals surface area contributed by atoms with E-state index in [2.05, 4.69) is 44.5 Å².